The first-order valence-electron chi connectivity index (χ1n) is 6.94. The highest BCUT2D eigenvalue weighted by Gasteiger charge is 2.24. The van der Waals surface area contributed by atoms with Crippen LogP contribution in [0.1, 0.15) is 17.5 Å². The predicted octanol–water partition coefficient (Wildman–Crippen LogP) is 0.866. The van der Waals surface area contributed by atoms with E-state index in [2.05, 4.69) is 25.3 Å². The second kappa shape index (κ2) is 6.32. The number of hydrogen-bond donors (Lipinski definition) is 1. The van der Waals surface area contributed by atoms with Gasteiger partial charge >= 0.3 is 12.0 Å². The fraction of sp³-hybridized carbons (Fsp3) is 0.462. The fourth-order valence-electron chi connectivity index (χ4n) is 2.22. The van der Waals surface area contributed by atoms with Crippen LogP contribution in [0.2, 0.25) is 0 Å². The van der Waals surface area contributed by atoms with E-state index in [0.29, 0.717) is 24.2 Å². The number of nitrogens with zero attached hydrogens (tertiary/aromatic N) is 5. The number of ether oxygens (including phenoxy) is 2. The molecule has 3 heterocycles. The zero-order valence-electron chi connectivity index (χ0n) is 13.0. The van der Waals surface area contributed by atoms with Crippen LogP contribution in [-0.4, -0.2) is 46.6 Å². The summed E-state index contributed by atoms with van der Waals surface area (Å²) in [7, 11) is 2.99. The van der Waals surface area contributed by atoms with Crippen molar-refractivity contribution in [3.8, 4) is 12.0 Å². The number of thiazole rings is 1. The Morgan fingerprint density at radius 2 is 1.87 bits per heavy atom. The van der Waals surface area contributed by atoms with E-state index in [-0.39, 0.29) is 17.9 Å². The minimum Gasteiger partial charge on any atom is -0.467 e. The zero-order chi connectivity index (χ0) is 16.4. The van der Waals surface area contributed by atoms with Gasteiger partial charge in [0.15, 0.2) is 5.13 Å². The molecule has 0 bridgehead atoms. The number of methoxy groups -OCH3 is 2. The molecule has 0 spiro atoms. The van der Waals surface area contributed by atoms with Crippen LogP contribution in [0, 0.1) is 0 Å². The maximum Gasteiger partial charge on any atom is 0.324 e. The molecule has 1 aliphatic rings. The van der Waals surface area contributed by atoms with Crippen LogP contribution < -0.4 is 19.7 Å². The molecule has 1 amide bonds. The maximum absolute atomic E-state index is 11.1. The van der Waals surface area contributed by atoms with Gasteiger partial charge in [0, 0.05) is 24.8 Å². The largest absolute Gasteiger partial charge is 0.467 e. The Labute approximate surface area is 136 Å². The van der Waals surface area contributed by atoms with Crippen molar-refractivity contribution in [2.75, 3.05) is 31.0 Å². The average molecular weight is 336 g/mol. The van der Waals surface area contributed by atoms with Gasteiger partial charge in [0.25, 0.3) is 0 Å². The number of anilines is 2. The Bertz CT molecular complexity index is 712. The lowest BCUT2D eigenvalue weighted by Gasteiger charge is -2.26. The van der Waals surface area contributed by atoms with Gasteiger partial charge in [0.2, 0.25) is 11.9 Å². The molecule has 1 N–H and O–H groups in total. The van der Waals surface area contributed by atoms with Crippen molar-refractivity contribution in [2.24, 2.45) is 0 Å². The lowest BCUT2D eigenvalue weighted by atomic mass is 10.2. The Morgan fingerprint density at radius 1 is 1.17 bits per heavy atom. The van der Waals surface area contributed by atoms with Crippen LogP contribution in [0.15, 0.2) is 0 Å². The second-order valence-corrected chi connectivity index (χ2v) is 5.93. The summed E-state index contributed by atoms with van der Waals surface area (Å²) in [6.45, 7) is 2.80. The van der Waals surface area contributed by atoms with Gasteiger partial charge in [0.05, 0.1) is 26.5 Å². The molecule has 0 atom stereocenters. The smallest absolute Gasteiger partial charge is 0.324 e. The summed E-state index contributed by atoms with van der Waals surface area (Å²) in [4.78, 5) is 31.2. The van der Waals surface area contributed by atoms with Gasteiger partial charge in [-0.2, -0.15) is 9.97 Å². The normalized spacial score (nSPS) is 13.4. The molecule has 0 saturated carbocycles. The number of fused-ring (bicyclic) bond motifs is 1. The quantitative estimate of drug-likeness (QED) is 0.877. The molecule has 10 heteroatoms. The zero-order valence-corrected chi connectivity index (χ0v) is 13.8. The molecule has 2 aromatic heterocycles. The molecule has 3 rings (SSSR count). The Balaban J connectivity index is 1.84. The molecule has 0 fully saturated rings. The first kappa shape index (κ1) is 15.4. The third kappa shape index (κ3) is 3.31. The molecule has 0 saturated heterocycles. The number of carbonyl (C=O) groups excluding carboxylic acids is 1. The van der Waals surface area contributed by atoms with Gasteiger partial charge in [-0.25, -0.2) is 4.98 Å². The highest BCUT2D eigenvalue weighted by molar-refractivity contribution is 7.15. The van der Waals surface area contributed by atoms with Crippen molar-refractivity contribution in [3.63, 3.8) is 0 Å². The minimum absolute atomic E-state index is 0.125. The third-order valence-electron chi connectivity index (χ3n) is 3.24. The molecule has 122 valence electrons. The number of rotatable bonds is 4. The van der Waals surface area contributed by atoms with Crippen molar-refractivity contribution in [2.45, 2.75) is 19.9 Å². The highest BCUT2D eigenvalue weighted by atomic mass is 32.1. The third-order valence-corrected chi connectivity index (χ3v) is 4.24. The van der Waals surface area contributed by atoms with E-state index < -0.39 is 0 Å². The summed E-state index contributed by atoms with van der Waals surface area (Å²) < 4.78 is 10.2. The Kier molecular flexibility index (Phi) is 4.24. The number of hydrogen-bond acceptors (Lipinski definition) is 9. The fourth-order valence-corrected chi connectivity index (χ4v) is 3.29. The summed E-state index contributed by atoms with van der Waals surface area (Å²) in [6, 6.07) is 0.418. The van der Waals surface area contributed by atoms with Crippen molar-refractivity contribution in [1.82, 2.24) is 19.9 Å². The van der Waals surface area contributed by atoms with Gasteiger partial charge in [-0.15, -0.1) is 4.98 Å². The molecule has 0 aliphatic carbocycles. The molecular formula is C13H16N6O3S. The lowest BCUT2D eigenvalue weighted by molar-refractivity contribution is -0.114. The molecule has 0 radical (unpaired) electrons. The lowest BCUT2D eigenvalue weighted by Crippen LogP contribution is -2.31. The molecule has 0 unspecified atom stereocenters. The van der Waals surface area contributed by atoms with Crippen LogP contribution in [0.3, 0.4) is 0 Å². The van der Waals surface area contributed by atoms with Crippen LogP contribution in [0.5, 0.6) is 12.0 Å². The summed E-state index contributed by atoms with van der Waals surface area (Å²) >= 11 is 1.46. The van der Waals surface area contributed by atoms with Crippen molar-refractivity contribution >= 4 is 28.3 Å². The maximum atomic E-state index is 11.1. The first-order chi connectivity index (χ1) is 11.1. The SMILES string of the molecule is COc1nc(OC)nc(N2CCc3nc(NC(C)=O)sc3C2)n1. The van der Waals surface area contributed by atoms with E-state index in [9.17, 15) is 4.79 Å². The first-order valence-corrected chi connectivity index (χ1v) is 7.76. The van der Waals surface area contributed by atoms with Crippen LogP contribution in [0.4, 0.5) is 11.1 Å². The van der Waals surface area contributed by atoms with Crippen molar-refractivity contribution < 1.29 is 14.3 Å². The minimum atomic E-state index is -0.125. The molecule has 23 heavy (non-hydrogen) atoms. The van der Waals surface area contributed by atoms with Gasteiger partial charge in [-0.05, 0) is 0 Å². The summed E-state index contributed by atoms with van der Waals surface area (Å²) in [5.41, 5.74) is 1.00. The van der Waals surface area contributed by atoms with E-state index in [0.717, 1.165) is 17.0 Å². The standard InChI is InChI=1S/C13H16N6O3S/c1-7(20)14-13-15-8-4-5-19(6-9(8)23-13)10-16-11(21-2)18-12(17-10)22-3/h4-6H2,1-3H3,(H,14,15,20). The molecular weight excluding hydrogens is 320 g/mol. The molecule has 1 aliphatic heterocycles. The van der Waals surface area contributed by atoms with Gasteiger partial charge in [0.1, 0.15) is 0 Å². The van der Waals surface area contributed by atoms with Gasteiger partial charge < -0.3 is 19.7 Å². The monoisotopic (exact) mass is 336 g/mol. The van der Waals surface area contributed by atoms with E-state index >= 15 is 0 Å². The van der Waals surface area contributed by atoms with Gasteiger partial charge in [-0.1, -0.05) is 11.3 Å². The van der Waals surface area contributed by atoms with E-state index in [1.54, 1.807) is 0 Å². The number of carbonyl (C=O) groups is 1. The van der Waals surface area contributed by atoms with Crippen LogP contribution in [0.25, 0.3) is 0 Å². The Hall–Kier alpha value is -2.49. The van der Waals surface area contributed by atoms with Crippen LogP contribution in [-0.2, 0) is 17.8 Å². The van der Waals surface area contributed by atoms with E-state index in [1.807, 2.05) is 4.90 Å². The number of aromatic nitrogens is 4. The topological polar surface area (TPSA) is 102 Å². The Morgan fingerprint density at radius 3 is 2.48 bits per heavy atom. The average Bonchev–Trinajstić information content (AvgIpc) is 2.94. The molecule has 2 aromatic rings. The summed E-state index contributed by atoms with van der Waals surface area (Å²) in [5.74, 6) is 0.369. The summed E-state index contributed by atoms with van der Waals surface area (Å²) in [5, 5.41) is 3.34. The van der Waals surface area contributed by atoms with Crippen molar-refractivity contribution in [3.05, 3.63) is 10.6 Å². The van der Waals surface area contributed by atoms with E-state index in [4.69, 9.17) is 9.47 Å². The van der Waals surface area contributed by atoms with E-state index in [1.165, 1.54) is 32.5 Å². The second-order valence-electron chi connectivity index (χ2n) is 4.85. The van der Waals surface area contributed by atoms with Crippen LogP contribution >= 0.6 is 11.3 Å². The predicted molar refractivity (Wildman–Crippen MR) is 84.1 cm³/mol. The number of nitrogens with one attached hydrogen (secondary N) is 1. The van der Waals surface area contributed by atoms with Crippen molar-refractivity contribution in [1.29, 1.82) is 0 Å². The molecule has 0 aromatic carbocycles. The summed E-state index contributed by atoms with van der Waals surface area (Å²) in [6.07, 6.45) is 0.752. The van der Waals surface area contributed by atoms with Gasteiger partial charge in [-0.3, -0.25) is 4.79 Å². The number of amides is 1. The highest BCUT2D eigenvalue weighted by Crippen LogP contribution is 2.30. The molecule has 9 nitrogen and oxygen atoms in total.